The molecule has 5 nitrogen and oxygen atoms in total. The summed E-state index contributed by atoms with van der Waals surface area (Å²) in [5.41, 5.74) is 9.20. The molecular weight excluding hydrogens is 266 g/mol. The molecule has 2 rings (SSSR count). The van der Waals surface area contributed by atoms with E-state index in [4.69, 9.17) is 10.2 Å². The van der Waals surface area contributed by atoms with Gasteiger partial charge in [-0.1, -0.05) is 12.1 Å². The zero-order valence-corrected chi connectivity index (χ0v) is 12.6. The Morgan fingerprint density at radius 3 is 2.71 bits per heavy atom. The van der Waals surface area contributed by atoms with Crippen molar-refractivity contribution < 1.29 is 9.21 Å². The van der Waals surface area contributed by atoms with Crippen LogP contribution in [0.1, 0.15) is 16.9 Å². The number of nitrogen functional groups attached to an aromatic ring is 1. The van der Waals surface area contributed by atoms with Crippen molar-refractivity contribution in [1.82, 2.24) is 4.90 Å². The van der Waals surface area contributed by atoms with Crippen molar-refractivity contribution in [2.45, 2.75) is 20.4 Å². The second-order valence-corrected chi connectivity index (χ2v) is 5.26. The predicted molar refractivity (Wildman–Crippen MR) is 84.0 cm³/mol. The molecule has 21 heavy (non-hydrogen) atoms. The van der Waals surface area contributed by atoms with E-state index in [1.807, 2.05) is 44.0 Å². The lowest BCUT2D eigenvalue weighted by Crippen LogP contribution is -2.30. The average molecular weight is 287 g/mol. The smallest absolute Gasteiger partial charge is 0.238 e. The van der Waals surface area contributed by atoms with Crippen LogP contribution in [0.5, 0.6) is 0 Å². The molecule has 0 atom stereocenters. The standard InChI is InChI=1S/C16H21N3O2/c1-11-5-4-6-14(17)16(11)18-15(20)10-19(3)9-13-7-8-21-12(13)2/h4-8H,9-10,17H2,1-3H3,(H,18,20). The van der Waals surface area contributed by atoms with Crippen LogP contribution in [0.15, 0.2) is 34.9 Å². The normalized spacial score (nSPS) is 10.9. The number of rotatable bonds is 5. The third-order valence-electron chi connectivity index (χ3n) is 3.39. The highest BCUT2D eigenvalue weighted by atomic mass is 16.3. The minimum atomic E-state index is -0.0837. The quantitative estimate of drug-likeness (QED) is 0.829. The number of hydrogen-bond donors (Lipinski definition) is 2. The summed E-state index contributed by atoms with van der Waals surface area (Å²) < 4.78 is 5.25. The van der Waals surface area contributed by atoms with E-state index in [1.54, 1.807) is 12.3 Å². The average Bonchev–Trinajstić information content (AvgIpc) is 2.79. The summed E-state index contributed by atoms with van der Waals surface area (Å²) in [6.07, 6.45) is 1.66. The summed E-state index contributed by atoms with van der Waals surface area (Å²) >= 11 is 0. The molecule has 0 fully saturated rings. The van der Waals surface area contributed by atoms with Gasteiger partial charge in [-0.25, -0.2) is 0 Å². The number of likely N-dealkylation sites (N-methyl/N-ethyl adjacent to an activating group) is 1. The molecule has 1 amide bonds. The highest BCUT2D eigenvalue weighted by Crippen LogP contribution is 2.22. The van der Waals surface area contributed by atoms with Gasteiger partial charge in [-0.05, 0) is 38.6 Å². The molecule has 2 aromatic rings. The number of benzene rings is 1. The molecule has 3 N–H and O–H groups in total. The van der Waals surface area contributed by atoms with E-state index in [0.717, 1.165) is 16.9 Å². The van der Waals surface area contributed by atoms with E-state index in [1.165, 1.54) is 0 Å². The molecule has 0 aliphatic carbocycles. The number of amides is 1. The van der Waals surface area contributed by atoms with Crippen molar-refractivity contribution in [3.63, 3.8) is 0 Å². The number of carbonyl (C=O) groups is 1. The van der Waals surface area contributed by atoms with Gasteiger partial charge in [-0.15, -0.1) is 0 Å². The van der Waals surface area contributed by atoms with E-state index in [9.17, 15) is 4.79 Å². The van der Waals surface area contributed by atoms with E-state index in [0.29, 0.717) is 24.5 Å². The molecule has 112 valence electrons. The Bertz CT molecular complexity index is 614. The molecule has 0 aliphatic rings. The Morgan fingerprint density at radius 1 is 1.33 bits per heavy atom. The van der Waals surface area contributed by atoms with Crippen molar-refractivity contribution in [3.05, 3.63) is 47.4 Å². The van der Waals surface area contributed by atoms with Crippen LogP contribution in [0.3, 0.4) is 0 Å². The lowest BCUT2D eigenvalue weighted by Gasteiger charge is -2.17. The first-order valence-corrected chi connectivity index (χ1v) is 6.84. The molecule has 0 bridgehead atoms. The number of furan rings is 1. The van der Waals surface area contributed by atoms with Gasteiger partial charge in [0, 0.05) is 12.1 Å². The number of para-hydroxylation sites is 1. The number of nitrogens with one attached hydrogen (secondary N) is 1. The summed E-state index contributed by atoms with van der Waals surface area (Å²) in [6.45, 7) is 4.79. The highest BCUT2D eigenvalue weighted by Gasteiger charge is 2.12. The van der Waals surface area contributed by atoms with Crippen molar-refractivity contribution in [2.24, 2.45) is 0 Å². The van der Waals surface area contributed by atoms with Gasteiger partial charge in [-0.3, -0.25) is 9.69 Å². The molecule has 1 aromatic heterocycles. The summed E-state index contributed by atoms with van der Waals surface area (Å²) in [4.78, 5) is 14.0. The van der Waals surface area contributed by atoms with Gasteiger partial charge in [0.2, 0.25) is 5.91 Å². The third-order valence-corrected chi connectivity index (χ3v) is 3.39. The van der Waals surface area contributed by atoms with Gasteiger partial charge in [0.1, 0.15) is 5.76 Å². The Kier molecular flexibility index (Phi) is 4.65. The van der Waals surface area contributed by atoms with Crippen molar-refractivity contribution in [1.29, 1.82) is 0 Å². The Labute approximate surface area is 124 Å². The molecule has 0 unspecified atom stereocenters. The lowest BCUT2D eigenvalue weighted by atomic mass is 10.1. The second-order valence-electron chi connectivity index (χ2n) is 5.26. The minimum Gasteiger partial charge on any atom is -0.469 e. The second kappa shape index (κ2) is 6.45. The van der Waals surface area contributed by atoms with Crippen molar-refractivity contribution in [3.8, 4) is 0 Å². The monoisotopic (exact) mass is 287 g/mol. The summed E-state index contributed by atoms with van der Waals surface area (Å²) in [5.74, 6) is 0.796. The topological polar surface area (TPSA) is 71.5 Å². The summed E-state index contributed by atoms with van der Waals surface area (Å²) in [7, 11) is 1.90. The SMILES string of the molecule is Cc1cccc(N)c1NC(=O)CN(C)Cc1ccoc1C. The van der Waals surface area contributed by atoms with E-state index in [-0.39, 0.29) is 5.91 Å². The Morgan fingerprint density at radius 2 is 2.10 bits per heavy atom. The number of carbonyl (C=O) groups excluding carboxylic acids is 1. The van der Waals surface area contributed by atoms with Crippen LogP contribution in [0.25, 0.3) is 0 Å². The van der Waals surface area contributed by atoms with Crippen LogP contribution in [0.4, 0.5) is 11.4 Å². The molecule has 1 heterocycles. The van der Waals surface area contributed by atoms with E-state index < -0.39 is 0 Å². The first kappa shape index (κ1) is 15.1. The first-order chi connectivity index (χ1) is 9.97. The molecule has 0 aliphatic heterocycles. The Hall–Kier alpha value is -2.27. The number of anilines is 2. The maximum Gasteiger partial charge on any atom is 0.238 e. The highest BCUT2D eigenvalue weighted by molar-refractivity contribution is 5.96. The zero-order valence-electron chi connectivity index (χ0n) is 12.6. The fraction of sp³-hybridized carbons (Fsp3) is 0.312. The number of hydrogen-bond acceptors (Lipinski definition) is 4. The maximum atomic E-state index is 12.1. The minimum absolute atomic E-state index is 0.0837. The van der Waals surface area contributed by atoms with Gasteiger partial charge in [0.25, 0.3) is 0 Å². The summed E-state index contributed by atoms with van der Waals surface area (Å²) in [5, 5.41) is 2.87. The molecule has 0 spiro atoms. The molecule has 0 radical (unpaired) electrons. The molecule has 5 heteroatoms. The largest absolute Gasteiger partial charge is 0.469 e. The van der Waals surface area contributed by atoms with Crippen LogP contribution in [-0.4, -0.2) is 24.4 Å². The van der Waals surface area contributed by atoms with Crippen molar-refractivity contribution in [2.75, 3.05) is 24.6 Å². The molecule has 0 saturated heterocycles. The molecule has 0 saturated carbocycles. The van der Waals surface area contributed by atoms with Crippen molar-refractivity contribution >= 4 is 17.3 Å². The lowest BCUT2D eigenvalue weighted by molar-refractivity contribution is -0.117. The van der Waals surface area contributed by atoms with Gasteiger partial charge >= 0.3 is 0 Å². The van der Waals surface area contributed by atoms with E-state index in [2.05, 4.69) is 5.32 Å². The molecule has 1 aromatic carbocycles. The maximum absolute atomic E-state index is 12.1. The summed E-state index contributed by atoms with van der Waals surface area (Å²) in [6, 6.07) is 7.49. The number of nitrogens with two attached hydrogens (primary N) is 1. The number of aryl methyl sites for hydroxylation is 2. The fourth-order valence-electron chi connectivity index (χ4n) is 2.21. The third kappa shape index (κ3) is 3.86. The zero-order chi connectivity index (χ0) is 15.4. The van der Waals surface area contributed by atoms with E-state index >= 15 is 0 Å². The van der Waals surface area contributed by atoms with Gasteiger partial charge < -0.3 is 15.5 Å². The van der Waals surface area contributed by atoms with Gasteiger partial charge in [0.15, 0.2) is 0 Å². The van der Waals surface area contributed by atoms with Crippen LogP contribution in [-0.2, 0) is 11.3 Å². The number of nitrogens with zero attached hydrogens (tertiary/aromatic N) is 1. The van der Waals surface area contributed by atoms with Crippen LogP contribution >= 0.6 is 0 Å². The molecular formula is C16H21N3O2. The van der Waals surface area contributed by atoms with Crippen LogP contribution in [0.2, 0.25) is 0 Å². The van der Waals surface area contributed by atoms with Gasteiger partial charge in [0.05, 0.1) is 24.2 Å². The van der Waals surface area contributed by atoms with Crippen LogP contribution in [0, 0.1) is 13.8 Å². The fourth-order valence-corrected chi connectivity index (χ4v) is 2.21. The van der Waals surface area contributed by atoms with Gasteiger partial charge in [-0.2, -0.15) is 0 Å². The first-order valence-electron chi connectivity index (χ1n) is 6.84. The van der Waals surface area contributed by atoms with Crippen LogP contribution < -0.4 is 11.1 Å². The predicted octanol–water partition coefficient (Wildman–Crippen LogP) is 2.55. The Balaban J connectivity index is 1.94.